The van der Waals surface area contributed by atoms with Crippen molar-refractivity contribution in [2.24, 2.45) is 0 Å². The number of rotatable bonds is 4. The van der Waals surface area contributed by atoms with E-state index in [2.05, 4.69) is 40.6 Å². The molecule has 0 spiro atoms. The van der Waals surface area contributed by atoms with E-state index < -0.39 is 0 Å². The Bertz CT molecular complexity index is 478. The molecular formula is C15H18N2. The van der Waals surface area contributed by atoms with E-state index in [0.29, 0.717) is 0 Å². The third-order valence-electron chi connectivity index (χ3n) is 2.80. The fourth-order valence-electron chi connectivity index (χ4n) is 1.86. The lowest BCUT2D eigenvalue weighted by Gasteiger charge is -2.09. The summed E-state index contributed by atoms with van der Waals surface area (Å²) in [5.74, 6) is 0. The van der Waals surface area contributed by atoms with Gasteiger partial charge in [-0.15, -0.1) is 0 Å². The molecule has 0 saturated carbocycles. The average molecular weight is 226 g/mol. The maximum absolute atomic E-state index is 4.44. The Labute approximate surface area is 103 Å². The van der Waals surface area contributed by atoms with Crippen molar-refractivity contribution in [1.82, 2.24) is 4.98 Å². The topological polar surface area (TPSA) is 24.9 Å². The van der Waals surface area contributed by atoms with Crippen LogP contribution >= 0.6 is 0 Å². The monoisotopic (exact) mass is 226 g/mol. The lowest BCUT2D eigenvalue weighted by molar-refractivity contribution is 1.01. The van der Waals surface area contributed by atoms with Gasteiger partial charge in [0.25, 0.3) is 0 Å². The molecule has 2 heteroatoms. The quantitative estimate of drug-likeness (QED) is 0.864. The number of nitrogens with one attached hydrogen (secondary N) is 1. The molecule has 0 amide bonds. The molecule has 0 aliphatic rings. The first-order chi connectivity index (χ1) is 8.25. The lowest BCUT2D eigenvalue weighted by atomic mass is 10.1. The van der Waals surface area contributed by atoms with Gasteiger partial charge < -0.3 is 5.32 Å². The first-order valence-electron chi connectivity index (χ1n) is 5.98. The highest BCUT2D eigenvalue weighted by Crippen LogP contribution is 2.12. The summed E-state index contributed by atoms with van der Waals surface area (Å²) in [5.41, 5.74) is 4.62. The summed E-state index contributed by atoms with van der Waals surface area (Å²) >= 11 is 0. The summed E-state index contributed by atoms with van der Waals surface area (Å²) in [4.78, 5) is 4.44. The van der Waals surface area contributed by atoms with Crippen LogP contribution in [-0.2, 0) is 6.42 Å². The molecule has 88 valence electrons. The molecule has 1 N–H and O–H groups in total. The van der Waals surface area contributed by atoms with Crippen LogP contribution in [-0.4, -0.2) is 11.5 Å². The van der Waals surface area contributed by atoms with E-state index in [1.807, 2.05) is 26.0 Å². The van der Waals surface area contributed by atoms with Gasteiger partial charge in [0.15, 0.2) is 0 Å². The summed E-state index contributed by atoms with van der Waals surface area (Å²) in [5, 5.41) is 3.43. The Morgan fingerprint density at radius 3 is 2.47 bits per heavy atom. The third-order valence-corrected chi connectivity index (χ3v) is 2.80. The number of hydrogen-bond acceptors (Lipinski definition) is 2. The number of hydrogen-bond donors (Lipinski definition) is 1. The van der Waals surface area contributed by atoms with E-state index in [1.165, 1.54) is 5.56 Å². The molecule has 1 heterocycles. The highest BCUT2D eigenvalue weighted by Gasteiger charge is 1.98. The number of anilines is 1. The van der Waals surface area contributed by atoms with Crippen LogP contribution in [0.25, 0.3) is 0 Å². The summed E-state index contributed by atoms with van der Waals surface area (Å²) in [6.45, 7) is 4.99. The average Bonchev–Trinajstić information content (AvgIpc) is 2.33. The highest BCUT2D eigenvalue weighted by atomic mass is 14.9. The normalized spacial score (nSPS) is 10.2. The molecule has 2 nitrogen and oxygen atoms in total. The molecule has 0 bridgehead atoms. The van der Waals surface area contributed by atoms with Crippen molar-refractivity contribution in [1.29, 1.82) is 0 Å². The van der Waals surface area contributed by atoms with Gasteiger partial charge >= 0.3 is 0 Å². The molecule has 0 fully saturated rings. The van der Waals surface area contributed by atoms with Gasteiger partial charge in [-0.05, 0) is 38.0 Å². The van der Waals surface area contributed by atoms with E-state index in [1.54, 1.807) is 0 Å². The molecule has 0 atom stereocenters. The minimum absolute atomic E-state index is 0.940. The first-order valence-corrected chi connectivity index (χ1v) is 5.98. The van der Waals surface area contributed by atoms with Crippen molar-refractivity contribution in [2.75, 3.05) is 11.9 Å². The predicted molar refractivity (Wildman–Crippen MR) is 72.3 cm³/mol. The Morgan fingerprint density at radius 1 is 1.00 bits per heavy atom. The van der Waals surface area contributed by atoms with Gasteiger partial charge in [0.1, 0.15) is 0 Å². The van der Waals surface area contributed by atoms with Crippen molar-refractivity contribution in [3.05, 3.63) is 59.4 Å². The molecule has 0 aliphatic carbocycles. The second-order valence-electron chi connectivity index (χ2n) is 4.25. The van der Waals surface area contributed by atoms with Gasteiger partial charge in [0.05, 0.1) is 11.4 Å². The number of aryl methyl sites for hydroxylation is 2. The smallest absolute Gasteiger partial charge is 0.0606 e. The molecule has 1 aromatic carbocycles. The molecule has 0 unspecified atom stereocenters. The first kappa shape index (κ1) is 11.6. The van der Waals surface area contributed by atoms with Gasteiger partial charge in [-0.2, -0.15) is 0 Å². The zero-order valence-corrected chi connectivity index (χ0v) is 10.4. The van der Waals surface area contributed by atoms with Crippen molar-refractivity contribution in [2.45, 2.75) is 20.3 Å². The Morgan fingerprint density at radius 2 is 1.76 bits per heavy atom. The number of benzene rings is 1. The van der Waals surface area contributed by atoms with Crippen LogP contribution < -0.4 is 5.32 Å². The standard InChI is InChI=1S/C15H18N2/c1-12-8-9-15(13(2)17-12)16-11-10-14-6-4-3-5-7-14/h3-9,16H,10-11H2,1-2H3. The van der Waals surface area contributed by atoms with E-state index >= 15 is 0 Å². The maximum Gasteiger partial charge on any atom is 0.0606 e. The van der Waals surface area contributed by atoms with Crippen molar-refractivity contribution < 1.29 is 0 Å². The molecule has 2 aromatic rings. The molecule has 0 radical (unpaired) electrons. The van der Waals surface area contributed by atoms with E-state index in [4.69, 9.17) is 0 Å². The Hall–Kier alpha value is -1.83. The Kier molecular flexibility index (Phi) is 3.76. The van der Waals surface area contributed by atoms with Crippen LogP contribution in [0.4, 0.5) is 5.69 Å². The van der Waals surface area contributed by atoms with Gasteiger partial charge in [-0.25, -0.2) is 0 Å². The van der Waals surface area contributed by atoms with E-state index in [0.717, 1.165) is 30.0 Å². The molecule has 0 saturated heterocycles. The molecule has 17 heavy (non-hydrogen) atoms. The van der Waals surface area contributed by atoms with Crippen molar-refractivity contribution in [3.8, 4) is 0 Å². The second-order valence-corrected chi connectivity index (χ2v) is 4.25. The summed E-state index contributed by atoms with van der Waals surface area (Å²) < 4.78 is 0. The van der Waals surface area contributed by atoms with Crippen LogP contribution in [0.1, 0.15) is 17.0 Å². The molecule has 1 aromatic heterocycles. The molecular weight excluding hydrogens is 208 g/mol. The zero-order chi connectivity index (χ0) is 12.1. The number of nitrogens with zero attached hydrogens (tertiary/aromatic N) is 1. The van der Waals surface area contributed by atoms with E-state index in [-0.39, 0.29) is 0 Å². The van der Waals surface area contributed by atoms with Crippen molar-refractivity contribution in [3.63, 3.8) is 0 Å². The summed E-state index contributed by atoms with van der Waals surface area (Å²) in [6, 6.07) is 14.7. The summed E-state index contributed by atoms with van der Waals surface area (Å²) in [6.07, 6.45) is 1.04. The van der Waals surface area contributed by atoms with Gasteiger partial charge in [0.2, 0.25) is 0 Å². The fraction of sp³-hybridized carbons (Fsp3) is 0.267. The van der Waals surface area contributed by atoms with E-state index in [9.17, 15) is 0 Å². The predicted octanol–water partition coefficient (Wildman–Crippen LogP) is 3.35. The highest BCUT2D eigenvalue weighted by molar-refractivity contribution is 5.47. The SMILES string of the molecule is Cc1ccc(NCCc2ccccc2)c(C)n1. The van der Waals surface area contributed by atoms with Gasteiger partial charge in [-0.1, -0.05) is 30.3 Å². The van der Waals surface area contributed by atoms with Gasteiger partial charge in [-0.3, -0.25) is 4.98 Å². The molecule has 0 aliphatic heterocycles. The second kappa shape index (κ2) is 5.48. The van der Waals surface area contributed by atoms with Crippen LogP contribution in [0.15, 0.2) is 42.5 Å². The number of aromatic nitrogens is 1. The summed E-state index contributed by atoms with van der Waals surface area (Å²) in [7, 11) is 0. The third kappa shape index (κ3) is 3.31. The number of pyridine rings is 1. The van der Waals surface area contributed by atoms with Crippen molar-refractivity contribution >= 4 is 5.69 Å². The maximum atomic E-state index is 4.44. The van der Waals surface area contributed by atoms with Crippen LogP contribution in [0.5, 0.6) is 0 Å². The van der Waals surface area contributed by atoms with Crippen LogP contribution in [0.2, 0.25) is 0 Å². The largest absolute Gasteiger partial charge is 0.383 e. The van der Waals surface area contributed by atoms with Gasteiger partial charge in [0, 0.05) is 12.2 Å². The lowest BCUT2D eigenvalue weighted by Crippen LogP contribution is -2.06. The fourth-order valence-corrected chi connectivity index (χ4v) is 1.86. The van der Waals surface area contributed by atoms with Crippen LogP contribution in [0.3, 0.4) is 0 Å². The minimum atomic E-state index is 0.940. The minimum Gasteiger partial charge on any atom is -0.383 e. The van der Waals surface area contributed by atoms with Crippen LogP contribution in [0, 0.1) is 13.8 Å². The Balaban J connectivity index is 1.90. The molecule has 2 rings (SSSR count). The zero-order valence-electron chi connectivity index (χ0n) is 10.4.